The molecule has 0 amide bonds. The van der Waals surface area contributed by atoms with Crippen LogP contribution in [0.4, 0.5) is 11.5 Å². The average Bonchev–Trinajstić information content (AvgIpc) is 3.07. The second-order valence-corrected chi connectivity index (χ2v) is 6.96. The maximum absolute atomic E-state index is 4.73. The third-order valence-electron chi connectivity index (χ3n) is 4.57. The van der Waals surface area contributed by atoms with E-state index in [2.05, 4.69) is 44.2 Å². The molecule has 1 aliphatic rings. The minimum Gasteiger partial charge on any atom is -0.339 e. The number of thiol groups is 1. The third-order valence-corrected chi connectivity index (χ3v) is 5.16. The van der Waals surface area contributed by atoms with Gasteiger partial charge in [-0.05, 0) is 18.6 Å². The van der Waals surface area contributed by atoms with Crippen LogP contribution in [0, 0.1) is 0 Å². The Balaban J connectivity index is 1.59. The number of aromatic nitrogens is 3. The summed E-state index contributed by atoms with van der Waals surface area (Å²) in [6.07, 6.45) is 5.68. The zero-order valence-electron chi connectivity index (χ0n) is 14.2. The highest BCUT2D eigenvalue weighted by atomic mass is 32.1. The summed E-state index contributed by atoms with van der Waals surface area (Å²) in [4.78, 5) is 15.8. The number of nitrogens with zero attached hydrogens (tertiary/aromatic N) is 4. The highest BCUT2D eigenvalue weighted by Crippen LogP contribution is 2.31. The Hall–Kier alpha value is -2.18. The summed E-state index contributed by atoms with van der Waals surface area (Å²) >= 11 is 4.73. The lowest BCUT2D eigenvalue weighted by Gasteiger charge is -2.21. The van der Waals surface area contributed by atoms with Gasteiger partial charge in [0.15, 0.2) is 0 Å². The fourth-order valence-electron chi connectivity index (χ4n) is 3.24. The second kappa shape index (κ2) is 6.98. The van der Waals surface area contributed by atoms with Crippen LogP contribution in [-0.2, 0) is 13.1 Å². The zero-order valence-corrected chi connectivity index (χ0v) is 15.1. The van der Waals surface area contributed by atoms with Crippen LogP contribution in [0.3, 0.4) is 0 Å². The zero-order chi connectivity index (χ0) is 17.2. The van der Waals surface area contributed by atoms with E-state index in [0.29, 0.717) is 0 Å². The Morgan fingerprint density at radius 1 is 1.20 bits per heavy atom. The first-order valence-electron chi connectivity index (χ1n) is 8.61. The van der Waals surface area contributed by atoms with Gasteiger partial charge in [-0.25, -0.2) is 9.97 Å². The minimum atomic E-state index is 0.259. The van der Waals surface area contributed by atoms with Crippen LogP contribution in [0.1, 0.15) is 31.0 Å². The van der Waals surface area contributed by atoms with E-state index in [1.54, 1.807) is 6.33 Å². The van der Waals surface area contributed by atoms with Crippen LogP contribution in [0.5, 0.6) is 0 Å². The number of hydrogen-bond acceptors (Lipinski definition) is 6. The molecular weight excluding hydrogens is 330 g/mol. The van der Waals surface area contributed by atoms with Gasteiger partial charge in [0, 0.05) is 24.0 Å². The van der Waals surface area contributed by atoms with Crippen LogP contribution < -0.4 is 5.32 Å². The van der Waals surface area contributed by atoms with Crippen LogP contribution in [0.2, 0.25) is 0 Å². The van der Waals surface area contributed by atoms with Gasteiger partial charge in [-0.1, -0.05) is 31.5 Å². The van der Waals surface area contributed by atoms with Crippen molar-refractivity contribution in [1.82, 2.24) is 19.9 Å². The summed E-state index contributed by atoms with van der Waals surface area (Å²) in [6, 6.07) is 10.2. The van der Waals surface area contributed by atoms with Crippen molar-refractivity contribution in [3.05, 3.63) is 54.1 Å². The molecule has 0 radical (unpaired) electrons. The summed E-state index contributed by atoms with van der Waals surface area (Å²) < 4.78 is 0. The van der Waals surface area contributed by atoms with E-state index in [1.165, 1.54) is 0 Å². The first-order chi connectivity index (χ1) is 12.2. The lowest BCUT2D eigenvalue weighted by Crippen LogP contribution is -2.25. The predicted octanol–water partition coefficient (Wildman–Crippen LogP) is 4.14. The molecule has 0 bridgehead atoms. The number of benzene rings is 1. The van der Waals surface area contributed by atoms with Crippen molar-refractivity contribution in [1.29, 1.82) is 0 Å². The van der Waals surface area contributed by atoms with Crippen molar-refractivity contribution in [3.8, 4) is 0 Å². The number of rotatable bonds is 5. The monoisotopic (exact) mass is 351 g/mol. The smallest absolute Gasteiger partial charge is 0.138 e. The lowest BCUT2D eigenvalue weighted by molar-refractivity contribution is 0.254. The summed E-state index contributed by atoms with van der Waals surface area (Å²) in [7, 11) is 0. The topological polar surface area (TPSA) is 53.9 Å². The van der Waals surface area contributed by atoms with Gasteiger partial charge in [-0.3, -0.25) is 9.88 Å². The minimum absolute atomic E-state index is 0.259. The van der Waals surface area contributed by atoms with Crippen molar-refractivity contribution in [2.45, 2.75) is 38.2 Å². The van der Waals surface area contributed by atoms with Gasteiger partial charge in [-0.2, -0.15) is 12.6 Å². The molecular formula is C19H21N5S. The Bertz CT molecular complexity index is 898. The molecule has 3 aromatic rings. The lowest BCUT2D eigenvalue weighted by atomic mass is 10.2. The van der Waals surface area contributed by atoms with Gasteiger partial charge in [-0.15, -0.1) is 0 Å². The number of para-hydroxylation sites is 1. The first-order valence-corrected chi connectivity index (χ1v) is 9.13. The summed E-state index contributed by atoms with van der Waals surface area (Å²) in [5.41, 5.74) is 4.17. The maximum Gasteiger partial charge on any atom is 0.138 e. The SMILES string of the molecule is CCCC(S)N1Cc2ncnc(Nc3cnc4ccccc4c3)c2C1. The first kappa shape index (κ1) is 16.3. The largest absolute Gasteiger partial charge is 0.339 e. The van der Waals surface area contributed by atoms with Crippen molar-refractivity contribution < 1.29 is 0 Å². The van der Waals surface area contributed by atoms with E-state index in [4.69, 9.17) is 12.6 Å². The average molecular weight is 351 g/mol. The highest BCUT2D eigenvalue weighted by molar-refractivity contribution is 7.80. The molecule has 1 aromatic carbocycles. The number of pyridine rings is 1. The van der Waals surface area contributed by atoms with Crippen LogP contribution >= 0.6 is 12.6 Å². The Kier molecular flexibility index (Phi) is 4.55. The molecule has 2 aromatic heterocycles. The van der Waals surface area contributed by atoms with Gasteiger partial charge in [0.05, 0.1) is 28.5 Å². The molecule has 0 saturated heterocycles. The molecule has 1 aliphatic heterocycles. The van der Waals surface area contributed by atoms with Gasteiger partial charge in [0.25, 0.3) is 0 Å². The second-order valence-electron chi connectivity index (χ2n) is 6.36. The van der Waals surface area contributed by atoms with E-state index in [9.17, 15) is 0 Å². The summed E-state index contributed by atoms with van der Waals surface area (Å²) in [5.74, 6) is 0.863. The fraction of sp³-hybridized carbons (Fsp3) is 0.316. The van der Waals surface area contributed by atoms with Gasteiger partial charge < -0.3 is 5.32 Å². The van der Waals surface area contributed by atoms with E-state index in [1.807, 2.05) is 24.4 Å². The van der Waals surface area contributed by atoms with Crippen molar-refractivity contribution in [2.75, 3.05) is 5.32 Å². The van der Waals surface area contributed by atoms with Gasteiger partial charge in [0.1, 0.15) is 12.1 Å². The molecule has 0 fully saturated rings. The van der Waals surface area contributed by atoms with E-state index >= 15 is 0 Å². The molecule has 3 heterocycles. The Morgan fingerprint density at radius 2 is 2.08 bits per heavy atom. The predicted molar refractivity (Wildman–Crippen MR) is 104 cm³/mol. The van der Waals surface area contributed by atoms with E-state index in [-0.39, 0.29) is 5.37 Å². The molecule has 4 rings (SSSR count). The number of nitrogens with one attached hydrogen (secondary N) is 1. The van der Waals surface area contributed by atoms with Gasteiger partial charge in [0.2, 0.25) is 0 Å². The molecule has 1 N–H and O–H groups in total. The van der Waals surface area contributed by atoms with Crippen LogP contribution in [0.25, 0.3) is 10.9 Å². The highest BCUT2D eigenvalue weighted by Gasteiger charge is 2.27. The van der Waals surface area contributed by atoms with Crippen LogP contribution in [0.15, 0.2) is 42.9 Å². The molecule has 1 atom stereocenters. The molecule has 0 spiro atoms. The summed E-state index contributed by atoms with van der Waals surface area (Å²) in [5, 5.41) is 4.79. The molecule has 1 unspecified atom stereocenters. The molecule has 128 valence electrons. The Labute approximate surface area is 152 Å². The maximum atomic E-state index is 4.73. The third kappa shape index (κ3) is 3.32. The molecule has 25 heavy (non-hydrogen) atoms. The van der Waals surface area contributed by atoms with E-state index in [0.717, 1.165) is 59.6 Å². The molecule has 5 nitrogen and oxygen atoms in total. The van der Waals surface area contributed by atoms with E-state index < -0.39 is 0 Å². The molecule has 0 saturated carbocycles. The molecule has 6 heteroatoms. The number of hydrogen-bond donors (Lipinski definition) is 2. The normalized spacial score (nSPS) is 15.3. The van der Waals surface area contributed by atoms with Crippen LogP contribution in [-0.4, -0.2) is 25.2 Å². The quantitative estimate of drug-likeness (QED) is 0.677. The Morgan fingerprint density at radius 3 is 2.96 bits per heavy atom. The molecule has 0 aliphatic carbocycles. The van der Waals surface area contributed by atoms with Crippen molar-refractivity contribution in [3.63, 3.8) is 0 Å². The van der Waals surface area contributed by atoms with Crippen molar-refractivity contribution in [2.24, 2.45) is 0 Å². The fourth-order valence-corrected chi connectivity index (χ4v) is 3.66. The standard InChI is InChI=1S/C19H21N5S/c1-2-5-18(25)24-10-15-17(11-24)21-12-22-19(15)23-14-8-13-6-3-4-7-16(13)20-9-14/h3-4,6-9,12,18,25H,2,5,10-11H2,1H3,(H,21,22,23). The number of anilines is 2. The number of fused-ring (bicyclic) bond motifs is 2. The summed E-state index contributed by atoms with van der Waals surface area (Å²) in [6.45, 7) is 3.84. The van der Waals surface area contributed by atoms with Gasteiger partial charge >= 0.3 is 0 Å². The van der Waals surface area contributed by atoms with Crippen molar-refractivity contribution >= 4 is 35.0 Å².